The first-order valence-corrected chi connectivity index (χ1v) is 7.32. The van der Waals surface area contributed by atoms with Crippen LogP contribution in [0.15, 0.2) is 18.2 Å². The number of anilines is 1. The molecule has 2 rings (SSSR count). The summed E-state index contributed by atoms with van der Waals surface area (Å²) in [5.41, 5.74) is -0.304. The molecule has 1 aromatic rings. The molecule has 0 aromatic heterocycles. The van der Waals surface area contributed by atoms with Crippen LogP contribution in [0.4, 0.5) is 20.2 Å². The lowest BCUT2D eigenvalue weighted by atomic mass is 9.84. The van der Waals surface area contributed by atoms with Crippen molar-refractivity contribution in [2.45, 2.75) is 51.5 Å². The molecule has 1 unspecified atom stereocenters. The molecule has 0 amide bonds. The summed E-state index contributed by atoms with van der Waals surface area (Å²) in [5, 5.41) is 13.8. The van der Waals surface area contributed by atoms with Gasteiger partial charge in [-0.1, -0.05) is 19.3 Å². The van der Waals surface area contributed by atoms with Crippen molar-refractivity contribution in [3.8, 4) is 0 Å². The summed E-state index contributed by atoms with van der Waals surface area (Å²) in [6, 6.07) is 3.70. The molecule has 0 heterocycles. The summed E-state index contributed by atoms with van der Waals surface area (Å²) < 4.78 is 26.2. The molecule has 1 fully saturated rings. The molecule has 1 aliphatic carbocycles. The predicted octanol–water partition coefficient (Wildman–Crippen LogP) is 4.91. The summed E-state index contributed by atoms with van der Waals surface area (Å²) in [6.45, 7) is 1.99. The molecule has 116 valence electrons. The lowest BCUT2D eigenvalue weighted by Crippen LogP contribution is -2.28. The first kappa shape index (κ1) is 15.7. The molecule has 0 spiro atoms. The summed E-state index contributed by atoms with van der Waals surface area (Å²) in [4.78, 5) is 10.0. The van der Waals surface area contributed by atoms with Crippen molar-refractivity contribution < 1.29 is 13.7 Å². The van der Waals surface area contributed by atoms with E-state index in [-0.39, 0.29) is 17.3 Å². The van der Waals surface area contributed by atoms with E-state index in [0.717, 1.165) is 18.9 Å². The molecule has 0 bridgehead atoms. The Labute approximate surface area is 122 Å². The predicted molar refractivity (Wildman–Crippen MR) is 77.7 cm³/mol. The van der Waals surface area contributed by atoms with Gasteiger partial charge in [-0.05, 0) is 31.7 Å². The fraction of sp³-hybridized carbons (Fsp3) is 0.600. The van der Waals surface area contributed by atoms with Crippen molar-refractivity contribution >= 4 is 11.4 Å². The summed E-state index contributed by atoms with van der Waals surface area (Å²) in [7, 11) is 0. The summed E-state index contributed by atoms with van der Waals surface area (Å²) in [5.74, 6) is 0.472. The fourth-order valence-electron chi connectivity index (χ4n) is 2.97. The molecule has 21 heavy (non-hydrogen) atoms. The fourth-order valence-corrected chi connectivity index (χ4v) is 2.97. The lowest BCUT2D eigenvalue weighted by molar-refractivity contribution is -0.385. The largest absolute Gasteiger partial charge is 0.382 e. The quantitative estimate of drug-likeness (QED) is 0.620. The standard InChI is InChI=1S/C15H20F2N2O2/c1-10(11-5-3-2-4-6-11)18-14-8-7-12(19(20)21)9-13(14)15(16)17/h7-11,15,18H,2-6H2,1H3. The van der Waals surface area contributed by atoms with Crippen molar-refractivity contribution in [2.24, 2.45) is 5.92 Å². The molecular weight excluding hydrogens is 278 g/mol. The van der Waals surface area contributed by atoms with Crippen molar-refractivity contribution in [3.63, 3.8) is 0 Å². The van der Waals surface area contributed by atoms with E-state index in [9.17, 15) is 18.9 Å². The number of hydrogen-bond donors (Lipinski definition) is 1. The lowest BCUT2D eigenvalue weighted by Gasteiger charge is -2.29. The van der Waals surface area contributed by atoms with Crippen molar-refractivity contribution in [3.05, 3.63) is 33.9 Å². The van der Waals surface area contributed by atoms with E-state index < -0.39 is 11.3 Å². The van der Waals surface area contributed by atoms with Crippen LogP contribution in [0.5, 0.6) is 0 Å². The van der Waals surface area contributed by atoms with Crippen molar-refractivity contribution in [2.75, 3.05) is 5.32 Å². The van der Waals surface area contributed by atoms with E-state index in [1.165, 1.54) is 31.4 Å². The monoisotopic (exact) mass is 298 g/mol. The van der Waals surface area contributed by atoms with Gasteiger partial charge in [-0.3, -0.25) is 10.1 Å². The Morgan fingerprint density at radius 3 is 2.52 bits per heavy atom. The van der Waals surface area contributed by atoms with E-state index in [1.54, 1.807) is 0 Å². The first-order chi connectivity index (χ1) is 9.99. The van der Waals surface area contributed by atoms with Crippen LogP contribution in [0.3, 0.4) is 0 Å². The number of halogens is 2. The maximum absolute atomic E-state index is 13.1. The molecule has 0 radical (unpaired) electrons. The SMILES string of the molecule is CC(Nc1ccc([N+](=O)[O-])cc1C(F)F)C1CCCCC1. The molecule has 1 saturated carbocycles. The molecule has 1 atom stereocenters. The summed E-state index contributed by atoms with van der Waals surface area (Å²) in [6.07, 6.45) is 3.07. The second-order valence-corrected chi connectivity index (χ2v) is 5.66. The number of nitrogens with one attached hydrogen (secondary N) is 1. The van der Waals surface area contributed by atoms with Gasteiger partial charge in [-0.2, -0.15) is 0 Å². The molecule has 1 aliphatic rings. The van der Waals surface area contributed by atoms with Crippen LogP contribution >= 0.6 is 0 Å². The van der Waals surface area contributed by atoms with Gasteiger partial charge in [0.05, 0.1) is 4.92 Å². The summed E-state index contributed by atoms with van der Waals surface area (Å²) >= 11 is 0. The highest BCUT2D eigenvalue weighted by Crippen LogP contribution is 2.33. The van der Waals surface area contributed by atoms with Gasteiger partial charge in [0, 0.05) is 29.4 Å². The van der Waals surface area contributed by atoms with Crippen LogP contribution in [0.25, 0.3) is 0 Å². The van der Waals surface area contributed by atoms with Crippen LogP contribution < -0.4 is 5.32 Å². The molecule has 4 nitrogen and oxygen atoms in total. The zero-order valence-corrected chi connectivity index (χ0v) is 12.0. The third kappa shape index (κ3) is 3.89. The molecule has 1 N–H and O–H groups in total. The van der Waals surface area contributed by atoms with Gasteiger partial charge in [0.1, 0.15) is 0 Å². The third-order valence-corrected chi connectivity index (χ3v) is 4.22. The Hall–Kier alpha value is -1.72. The van der Waals surface area contributed by atoms with E-state index in [4.69, 9.17) is 0 Å². The minimum absolute atomic E-state index is 0.0873. The maximum Gasteiger partial charge on any atom is 0.270 e. The van der Waals surface area contributed by atoms with Gasteiger partial charge in [-0.25, -0.2) is 8.78 Å². The van der Waals surface area contributed by atoms with Gasteiger partial charge in [0.2, 0.25) is 0 Å². The smallest absolute Gasteiger partial charge is 0.270 e. The highest BCUT2D eigenvalue weighted by molar-refractivity contribution is 5.57. The van der Waals surface area contributed by atoms with Gasteiger partial charge < -0.3 is 5.32 Å². The Morgan fingerprint density at radius 2 is 1.95 bits per heavy atom. The molecule has 0 saturated heterocycles. The molecule has 1 aromatic carbocycles. The minimum atomic E-state index is -2.73. The average Bonchev–Trinajstić information content (AvgIpc) is 2.48. The third-order valence-electron chi connectivity index (χ3n) is 4.22. The van der Waals surface area contributed by atoms with E-state index in [2.05, 4.69) is 5.32 Å². The Morgan fingerprint density at radius 1 is 1.29 bits per heavy atom. The molecule has 6 heteroatoms. The normalized spacial score (nSPS) is 17.7. The zero-order chi connectivity index (χ0) is 15.4. The van der Waals surface area contributed by atoms with Crippen LogP contribution in [-0.4, -0.2) is 11.0 Å². The van der Waals surface area contributed by atoms with Crippen LogP contribution in [0, 0.1) is 16.0 Å². The highest BCUT2D eigenvalue weighted by atomic mass is 19.3. The van der Waals surface area contributed by atoms with Crippen LogP contribution in [0.1, 0.15) is 51.0 Å². The maximum atomic E-state index is 13.1. The van der Waals surface area contributed by atoms with E-state index in [1.807, 2.05) is 6.92 Å². The van der Waals surface area contributed by atoms with Gasteiger partial charge in [-0.15, -0.1) is 0 Å². The highest BCUT2D eigenvalue weighted by Gasteiger charge is 2.23. The first-order valence-electron chi connectivity index (χ1n) is 7.32. The zero-order valence-electron chi connectivity index (χ0n) is 12.0. The number of nitro groups is 1. The van der Waals surface area contributed by atoms with Gasteiger partial charge in [0.25, 0.3) is 12.1 Å². The number of nitrogens with zero attached hydrogens (tertiary/aromatic N) is 1. The molecular formula is C15H20F2N2O2. The van der Waals surface area contributed by atoms with Crippen molar-refractivity contribution in [1.29, 1.82) is 0 Å². The van der Waals surface area contributed by atoms with Gasteiger partial charge in [0.15, 0.2) is 0 Å². The van der Waals surface area contributed by atoms with E-state index >= 15 is 0 Å². The molecule has 0 aliphatic heterocycles. The Balaban J connectivity index is 2.16. The van der Waals surface area contributed by atoms with E-state index in [0.29, 0.717) is 11.6 Å². The van der Waals surface area contributed by atoms with Gasteiger partial charge >= 0.3 is 0 Å². The second kappa shape index (κ2) is 6.83. The average molecular weight is 298 g/mol. The minimum Gasteiger partial charge on any atom is -0.382 e. The number of rotatable bonds is 5. The van der Waals surface area contributed by atoms with Crippen LogP contribution in [0.2, 0.25) is 0 Å². The van der Waals surface area contributed by atoms with Crippen molar-refractivity contribution in [1.82, 2.24) is 0 Å². The topological polar surface area (TPSA) is 55.2 Å². The number of nitro benzene ring substituents is 1. The number of hydrogen-bond acceptors (Lipinski definition) is 3. The van der Waals surface area contributed by atoms with Crippen LogP contribution in [-0.2, 0) is 0 Å². The second-order valence-electron chi connectivity index (χ2n) is 5.66. The Bertz CT molecular complexity index is 502. The number of benzene rings is 1. The Kier molecular flexibility index (Phi) is 5.09. The number of non-ortho nitro benzene ring substituents is 1. The number of alkyl halides is 2.